The maximum atomic E-state index is 14.1. The zero-order valence-electron chi connectivity index (χ0n) is 11.8. The van der Waals surface area contributed by atoms with Gasteiger partial charge in [0.1, 0.15) is 5.82 Å². The van der Waals surface area contributed by atoms with Crippen LogP contribution in [-0.4, -0.2) is 42.7 Å². The Bertz CT molecular complexity index is 415. The van der Waals surface area contributed by atoms with Gasteiger partial charge in [-0.1, -0.05) is 13.0 Å². The zero-order chi connectivity index (χ0) is 13.8. The van der Waals surface area contributed by atoms with Crippen LogP contribution in [0.4, 0.5) is 10.1 Å². The highest BCUT2D eigenvalue weighted by Gasteiger charge is 2.19. The van der Waals surface area contributed by atoms with Crippen LogP contribution in [0.5, 0.6) is 0 Å². The Kier molecular flexibility index (Phi) is 4.77. The van der Waals surface area contributed by atoms with E-state index in [2.05, 4.69) is 16.7 Å². The lowest BCUT2D eigenvalue weighted by molar-refractivity contribution is 0.199. The molecule has 0 saturated carbocycles. The highest BCUT2D eigenvalue weighted by molar-refractivity contribution is 5.50. The quantitative estimate of drug-likeness (QED) is 0.906. The standard InChI is InChI=1S/C15H23FN2O/c1-3-6-17-7-9-18(10-8-17)15-5-4-13(12(2)19)11-14(15)16/h4-5,11-12,19H,3,6-10H2,1-2H3/t12-/m1/s1. The molecular formula is C15H23FN2O. The molecule has 0 spiro atoms. The normalized spacial score (nSPS) is 18.6. The lowest BCUT2D eigenvalue weighted by Crippen LogP contribution is -2.46. The third-order valence-electron chi connectivity index (χ3n) is 3.71. The first-order chi connectivity index (χ1) is 9.11. The fourth-order valence-electron chi connectivity index (χ4n) is 2.57. The molecule has 106 valence electrons. The van der Waals surface area contributed by atoms with Crippen molar-refractivity contribution in [3.8, 4) is 0 Å². The minimum Gasteiger partial charge on any atom is -0.389 e. The van der Waals surface area contributed by atoms with E-state index in [1.54, 1.807) is 13.0 Å². The third-order valence-corrected chi connectivity index (χ3v) is 3.71. The van der Waals surface area contributed by atoms with E-state index in [0.717, 1.165) is 39.1 Å². The van der Waals surface area contributed by atoms with Gasteiger partial charge in [0.2, 0.25) is 0 Å². The molecule has 0 unspecified atom stereocenters. The van der Waals surface area contributed by atoms with Crippen molar-refractivity contribution in [3.05, 3.63) is 29.6 Å². The second-order valence-corrected chi connectivity index (χ2v) is 5.22. The first kappa shape index (κ1) is 14.3. The maximum Gasteiger partial charge on any atom is 0.146 e. The summed E-state index contributed by atoms with van der Waals surface area (Å²) < 4.78 is 14.1. The molecule has 1 aromatic carbocycles. The highest BCUT2D eigenvalue weighted by atomic mass is 19.1. The van der Waals surface area contributed by atoms with Crippen LogP contribution in [-0.2, 0) is 0 Å². The maximum absolute atomic E-state index is 14.1. The minimum atomic E-state index is -0.620. The number of halogens is 1. The average molecular weight is 266 g/mol. The summed E-state index contributed by atoms with van der Waals surface area (Å²) in [7, 11) is 0. The Morgan fingerprint density at radius 3 is 2.47 bits per heavy atom. The van der Waals surface area contributed by atoms with Gasteiger partial charge < -0.3 is 10.0 Å². The largest absolute Gasteiger partial charge is 0.389 e. The zero-order valence-corrected chi connectivity index (χ0v) is 11.8. The number of aliphatic hydroxyl groups excluding tert-OH is 1. The summed E-state index contributed by atoms with van der Waals surface area (Å²) in [5, 5.41) is 9.46. The van der Waals surface area contributed by atoms with Crippen molar-refractivity contribution < 1.29 is 9.50 Å². The third kappa shape index (κ3) is 3.45. The molecule has 1 aliphatic rings. The summed E-state index contributed by atoms with van der Waals surface area (Å²) in [5.74, 6) is -0.234. The topological polar surface area (TPSA) is 26.7 Å². The number of benzene rings is 1. The number of hydrogen-bond donors (Lipinski definition) is 1. The fourth-order valence-corrected chi connectivity index (χ4v) is 2.57. The van der Waals surface area contributed by atoms with Crippen molar-refractivity contribution in [2.24, 2.45) is 0 Å². The van der Waals surface area contributed by atoms with Gasteiger partial charge in [0.15, 0.2) is 0 Å². The monoisotopic (exact) mass is 266 g/mol. The van der Waals surface area contributed by atoms with Gasteiger partial charge >= 0.3 is 0 Å². The van der Waals surface area contributed by atoms with Gasteiger partial charge in [-0.2, -0.15) is 0 Å². The van der Waals surface area contributed by atoms with Crippen LogP contribution < -0.4 is 4.90 Å². The summed E-state index contributed by atoms with van der Waals surface area (Å²) in [6, 6.07) is 5.03. The van der Waals surface area contributed by atoms with Crippen LogP contribution >= 0.6 is 0 Å². The van der Waals surface area contributed by atoms with Gasteiger partial charge in [0.05, 0.1) is 11.8 Å². The van der Waals surface area contributed by atoms with E-state index in [-0.39, 0.29) is 5.82 Å². The molecule has 1 saturated heterocycles. The van der Waals surface area contributed by atoms with Crippen molar-refractivity contribution in [1.82, 2.24) is 4.90 Å². The predicted molar refractivity (Wildman–Crippen MR) is 76.0 cm³/mol. The van der Waals surface area contributed by atoms with E-state index in [4.69, 9.17) is 0 Å². The van der Waals surface area contributed by atoms with E-state index in [1.165, 1.54) is 6.07 Å². The van der Waals surface area contributed by atoms with Crippen LogP contribution in [0.3, 0.4) is 0 Å². The summed E-state index contributed by atoms with van der Waals surface area (Å²) in [5.41, 5.74) is 1.28. The molecule has 0 radical (unpaired) electrons. The van der Waals surface area contributed by atoms with E-state index in [1.807, 2.05) is 6.07 Å². The molecular weight excluding hydrogens is 243 g/mol. The molecule has 1 aromatic rings. The first-order valence-corrected chi connectivity index (χ1v) is 7.06. The summed E-state index contributed by atoms with van der Waals surface area (Å²) >= 11 is 0. The fraction of sp³-hybridized carbons (Fsp3) is 0.600. The SMILES string of the molecule is CCCN1CCN(c2ccc([C@@H](C)O)cc2F)CC1. The second kappa shape index (κ2) is 6.35. The number of hydrogen-bond acceptors (Lipinski definition) is 3. The van der Waals surface area contributed by atoms with Gasteiger partial charge in [0.25, 0.3) is 0 Å². The van der Waals surface area contributed by atoms with Gasteiger partial charge in [-0.15, -0.1) is 0 Å². The Balaban J connectivity index is 2.03. The summed E-state index contributed by atoms with van der Waals surface area (Å²) in [4.78, 5) is 4.51. The molecule has 0 amide bonds. The highest BCUT2D eigenvalue weighted by Crippen LogP contribution is 2.24. The molecule has 1 fully saturated rings. The van der Waals surface area contributed by atoms with Crippen LogP contribution in [0.2, 0.25) is 0 Å². The summed E-state index contributed by atoms with van der Waals surface area (Å²) in [6.45, 7) is 8.67. The average Bonchev–Trinajstić information content (AvgIpc) is 2.40. The molecule has 3 nitrogen and oxygen atoms in total. The van der Waals surface area contributed by atoms with Crippen molar-refractivity contribution in [2.75, 3.05) is 37.6 Å². The number of nitrogens with zero attached hydrogens (tertiary/aromatic N) is 2. The number of aliphatic hydroxyl groups is 1. The minimum absolute atomic E-state index is 0.234. The van der Waals surface area contributed by atoms with Gasteiger partial charge in [-0.3, -0.25) is 4.90 Å². The molecule has 19 heavy (non-hydrogen) atoms. The van der Waals surface area contributed by atoms with Crippen molar-refractivity contribution in [3.63, 3.8) is 0 Å². The predicted octanol–water partition coefficient (Wildman–Crippen LogP) is 2.41. The summed E-state index contributed by atoms with van der Waals surface area (Å²) in [6.07, 6.45) is 0.544. The van der Waals surface area contributed by atoms with Crippen LogP contribution in [0.25, 0.3) is 0 Å². The van der Waals surface area contributed by atoms with Crippen molar-refractivity contribution >= 4 is 5.69 Å². The van der Waals surface area contributed by atoms with E-state index in [0.29, 0.717) is 11.3 Å². The lowest BCUT2D eigenvalue weighted by atomic mass is 10.1. The van der Waals surface area contributed by atoms with Crippen LogP contribution in [0, 0.1) is 5.82 Å². The molecule has 0 aromatic heterocycles. The Morgan fingerprint density at radius 1 is 1.26 bits per heavy atom. The molecule has 1 heterocycles. The van der Waals surface area contributed by atoms with Gasteiger partial charge in [-0.05, 0) is 37.6 Å². The molecule has 1 aliphatic heterocycles. The number of anilines is 1. The first-order valence-electron chi connectivity index (χ1n) is 7.06. The molecule has 1 N–H and O–H groups in total. The van der Waals surface area contributed by atoms with Gasteiger partial charge in [0, 0.05) is 26.2 Å². The van der Waals surface area contributed by atoms with Crippen molar-refractivity contribution in [1.29, 1.82) is 0 Å². The Morgan fingerprint density at radius 2 is 1.95 bits per heavy atom. The molecule has 4 heteroatoms. The molecule has 0 bridgehead atoms. The second-order valence-electron chi connectivity index (χ2n) is 5.22. The van der Waals surface area contributed by atoms with E-state index >= 15 is 0 Å². The number of rotatable bonds is 4. The molecule has 1 atom stereocenters. The van der Waals surface area contributed by atoms with Crippen LogP contribution in [0.1, 0.15) is 31.9 Å². The van der Waals surface area contributed by atoms with Crippen molar-refractivity contribution in [2.45, 2.75) is 26.4 Å². The van der Waals surface area contributed by atoms with Crippen LogP contribution in [0.15, 0.2) is 18.2 Å². The van der Waals surface area contributed by atoms with E-state index in [9.17, 15) is 9.50 Å². The van der Waals surface area contributed by atoms with Gasteiger partial charge in [-0.25, -0.2) is 4.39 Å². The Labute approximate surface area is 114 Å². The Hall–Kier alpha value is -1.13. The lowest BCUT2D eigenvalue weighted by Gasteiger charge is -2.36. The molecule has 2 rings (SSSR count). The van der Waals surface area contributed by atoms with E-state index < -0.39 is 6.10 Å². The molecule has 0 aliphatic carbocycles. The number of piperazine rings is 1. The smallest absolute Gasteiger partial charge is 0.146 e.